The van der Waals surface area contributed by atoms with E-state index >= 15 is 0 Å². The lowest BCUT2D eigenvalue weighted by molar-refractivity contribution is 0.221. The Hall–Kier alpha value is -2.11. The van der Waals surface area contributed by atoms with Gasteiger partial charge in [-0.3, -0.25) is 0 Å². The van der Waals surface area contributed by atoms with Gasteiger partial charge in [0.15, 0.2) is 5.82 Å². The van der Waals surface area contributed by atoms with Gasteiger partial charge in [-0.15, -0.1) is 5.10 Å². The summed E-state index contributed by atoms with van der Waals surface area (Å²) in [6, 6.07) is 5.46. The average molecular weight is 286 g/mol. The van der Waals surface area contributed by atoms with Crippen molar-refractivity contribution >= 4 is 11.4 Å². The molecule has 0 aliphatic heterocycles. The number of rotatable bonds is 3. The number of benzene rings is 1. The highest BCUT2D eigenvalue weighted by Gasteiger charge is 2.23. The summed E-state index contributed by atoms with van der Waals surface area (Å²) in [4.78, 5) is 0. The minimum absolute atomic E-state index is 0.630. The van der Waals surface area contributed by atoms with Crippen LogP contribution in [-0.2, 0) is 6.54 Å². The van der Waals surface area contributed by atoms with Crippen LogP contribution < -0.4 is 11.5 Å². The van der Waals surface area contributed by atoms with Crippen LogP contribution >= 0.6 is 0 Å². The summed E-state index contributed by atoms with van der Waals surface area (Å²) < 4.78 is 1.89. The highest BCUT2D eigenvalue weighted by Crippen LogP contribution is 2.31. The Balaban J connectivity index is 1.86. The molecule has 1 fully saturated rings. The maximum absolute atomic E-state index is 5.86. The minimum atomic E-state index is 0.630. The fourth-order valence-corrected chi connectivity index (χ4v) is 3.23. The van der Waals surface area contributed by atoms with Crippen LogP contribution in [-0.4, -0.2) is 20.2 Å². The second kappa shape index (κ2) is 5.71. The molecule has 4 N–H and O–H groups in total. The van der Waals surface area contributed by atoms with Crippen molar-refractivity contribution in [2.75, 3.05) is 11.5 Å². The van der Waals surface area contributed by atoms with Crippen LogP contribution in [0.25, 0.3) is 11.4 Å². The molecule has 3 rings (SSSR count). The fourth-order valence-electron chi connectivity index (χ4n) is 3.23. The van der Waals surface area contributed by atoms with E-state index in [2.05, 4.69) is 22.4 Å². The number of tetrazole rings is 1. The molecule has 0 radical (unpaired) electrons. The molecule has 1 aromatic carbocycles. The van der Waals surface area contributed by atoms with E-state index in [-0.39, 0.29) is 0 Å². The second-order valence-electron chi connectivity index (χ2n) is 6.09. The number of hydrogen-bond donors (Lipinski definition) is 2. The van der Waals surface area contributed by atoms with Gasteiger partial charge in [0.2, 0.25) is 0 Å². The van der Waals surface area contributed by atoms with Gasteiger partial charge in [-0.25, -0.2) is 4.68 Å². The number of nitrogens with two attached hydrogens (primary N) is 2. The van der Waals surface area contributed by atoms with Gasteiger partial charge in [0, 0.05) is 23.5 Å². The summed E-state index contributed by atoms with van der Waals surface area (Å²) in [5.74, 6) is 2.10. The summed E-state index contributed by atoms with van der Waals surface area (Å²) in [5.41, 5.74) is 13.9. The van der Waals surface area contributed by atoms with E-state index in [0.29, 0.717) is 17.3 Å². The van der Waals surface area contributed by atoms with Crippen LogP contribution in [0.15, 0.2) is 18.2 Å². The Kier molecular flexibility index (Phi) is 3.77. The van der Waals surface area contributed by atoms with E-state index in [1.165, 1.54) is 25.7 Å². The molecule has 1 aliphatic rings. The first kappa shape index (κ1) is 13.9. The third-order valence-corrected chi connectivity index (χ3v) is 4.46. The maximum atomic E-state index is 5.86. The van der Waals surface area contributed by atoms with Crippen molar-refractivity contribution in [3.63, 3.8) is 0 Å². The predicted octanol–water partition coefficient (Wildman–Crippen LogP) is 2.33. The molecule has 2 aromatic rings. The fraction of sp³-hybridized carbons (Fsp3) is 0.533. The van der Waals surface area contributed by atoms with Crippen molar-refractivity contribution in [3.05, 3.63) is 18.2 Å². The Morgan fingerprint density at radius 2 is 1.86 bits per heavy atom. The average Bonchev–Trinajstić information content (AvgIpc) is 2.88. The molecule has 6 nitrogen and oxygen atoms in total. The normalized spacial score (nSPS) is 22.3. The molecule has 112 valence electrons. The highest BCUT2D eigenvalue weighted by molar-refractivity contribution is 5.67. The van der Waals surface area contributed by atoms with E-state index in [4.69, 9.17) is 11.5 Å². The molecular weight excluding hydrogens is 264 g/mol. The first-order valence-corrected chi connectivity index (χ1v) is 7.56. The lowest BCUT2D eigenvalue weighted by Crippen LogP contribution is -2.23. The third-order valence-electron chi connectivity index (χ3n) is 4.46. The molecule has 2 atom stereocenters. The summed E-state index contributed by atoms with van der Waals surface area (Å²) in [6.45, 7) is 3.19. The number of nitrogen functional groups attached to an aromatic ring is 2. The van der Waals surface area contributed by atoms with E-state index in [1.54, 1.807) is 6.07 Å². The van der Waals surface area contributed by atoms with E-state index < -0.39 is 0 Å². The Morgan fingerprint density at radius 1 is 1.14 bits per heavy atom. The lowest BCUT2D eigenvalue weighted by Gasteiger charge is -2.28. The minimum Gasteiger partial charge on any atom is -0.399 e. The largest absolute Gasteiger partial charge is 0.399 e. The van der Waals surface area contributed by atoms with Gasteiger partial charge in [0.1, 0.15) is 0 Å². The van der Waals surface area contributed by atoms with Gasteiger partial charge >= 0.3 is 0 Å². The SMILES string of the molecule is CC1CCCCC1Cn1nnnc1-c1cc(N)cc(N)c1. The quantitative estimate of drug-likeness (QED) is 0.844. The smallest absolute Gasteiger partial charge is 0.182 e. The van der Waals surface area contributed by atoms with Gasteiger partial charge < -0.3 is 11.5 Å². The monoisotopic (exact) mass is 286 g/mol. The van der Waals surface area contributed by atoms with E-state index in [1.807, 2.05) is 16.8 Å². The van der Waals surface area contributed by atoms with Crippen LogP contribution in [0.1, 0.15) is 32.6 Å². The van der Waals surface area contributed by atoms with Gasteiger partial charge in [-0.05, 0) is 46.9 Å². The summed E-state index contributed by atoms with van der Waals surface area (Å²) in [6.07, 6.45) is 5.19. The van der Waals surface area contributed by atoms with Crippen LogP contribution in [0.3, 0.4) is 0 Å². The zero-order chi connectivity index (χ0) is 14.8. The maximum Gasteiger partial charge on any atom is 0.182 e. The molecular formula is C15H22N6. The van der Waals surface area contributed by atoms with Crippen LogP contribution in [0, 0.1) is 11.8 Å². The Morgan fingerprint density at radius 3 is 2.57 bits per heavy atom. The molecule has 0 amide bonds. The highest BCUT2D eigenvalue weighted by atomic mass is 15.5. The zero-order valence-corrected chi connectivity index (χ0v) is 12.4. The third kappa shape index (κ3) is 2.99. The van der Waals surface area contributed by atoms with Crippen molar-refractivity contribution in [1.29, 1.82) is 0 Å². The van der Waals surface area contributed by atoms with Gasteiger partial charge in [-0.1, -0.05) is 26.2 Å². The summed E-state index contributed by atoms with van der Waals surface area (Å²) in [7, 11) is 0. The number of hydrogen-bond acceptors (Lipinski definition) is 5. The van der Waals surface area contributed by atoms with E-state index in [0.717, 1.165) is 23.9 Å². The van der Waals surface area contributed by atoms with E-state index in [9.17, 15) is 0 Å². The summed E-state index contributed by atoms with van der Waals surface area (Å²) >= 11 is 0. The molecule has 1 aliphatic carbocycles. The number of anilines is 2. The van der Waals surface area contributed by atoms with Crippen molar-refractivity contribution < 1.29 is 0 Å². The molecule has 2 unspecified atom stereocenters. The number of nitrogens with zero attached hydrogens (tertiary/aromatic N) is 4. The standard InChI is InChI=1S/C15H22N6/c1-10-4-2-3-5-11(10)9-21-15(18-19-20-21)12-6-13(16)8-14(17)7-12/h6-8,10-11H,2-5,9,16-17H2,1H3. The van der Waals surface area contributed by atoms with Crippen molar-refractivity contribution in [3.8, 4) is 11.4 Å². The molecule has 0 spiro atoms. The van der Waals surface area contributed by atoms with Crippen LogP contribution in [0.2, 0.25) is 0 Å². The molecule has 1 saturated carbocycles. The van der Waals surface area contributed by atoms with Crippen LogP contribution in [0.5, 0.6) is 0 Å². The molecule has 0 bridgehead atoms. The molecule has 21 heavy (non-hydrogen) atoms. The molecule has 1 aromatic heterocycles. The zero-order valence-electron chi connectivity index (χ0n) is 12.4. The van der Waals surface area contributed by atoms with Gasteiger partial charge in [-0.2, -0.15) is 0 Å². The Bertz CT molecular complexity index is 600. The number of aromatic nitrogens is 4. The second-order valence-corrected chi connectivity index (χ2v) is 6.09. The first-order valence-electron chi connectivity index (χ1n) is 7.56. The van der Waals surface area contributed by atoms with Crippen molar-refractivity contribution in [2.45, 2.75) is 39.2 Å². The topological polar surface area (TPSA) is 95.6 Å². The molecule has 1 heterocycles. The van der Waals surface area contributed by atoms with Crippen molar-refractivity contribution in [2.24, 2.45) is 11.8 Å². The van der Waals surface area contributed by atoms with Crippen molar-refractivity contribution in [1.82, 2.24) is 20.2 Å². The lowest BCUT2D eigenvalue weighted by atomic mass is 9.80. The molecule has 6 heteroatoms. The Labute approximate surface area is 124 Å². The van der Waals surface area contributed by atoms with Crippen LogP contribution in [0.4, 0.5) is 11.4 Å². The van der Waals surface area contributed by atoms with Gasteiger partial charge in [0.05, 0.1) is 0 Å². The first-order chi connectivity index (χ1) is 10.1. The molecule has 0 saturated heterocycles. The van der Waals surface area contributed by atoms with Gasteiger partial charge in [0.25, 0.3) is 0 Å². The summed E-state index contributed by atoms with van der Waals surface area (Å²) in [5, 5.41) is 12.1. The predicted molar refractivity (Wildman–Crippen MR) is 83.2 cm³/mol.